The number of ether oxygens (including phenoxy) is 4. The van der Waals surface area contributed by atoms with Crippen molar-refractivity contribution in [1.82, 2.24) is 25.0 Å². The van der Waals surface area contributed by atoms with Crippen LogP contribution in [0.4, 0.5) is 4.79 Å². The van der Waals surface area contributed by atoms with Crippen molar-refractivity contribution in [3.63, 3.8) is 0 Å². The highest BCUT2D eigenvalue weighted by molar-refractivity contribution is 5.77. The van der Waals surface area contributed by atoms with E-state index in [0.29, 0.717) is 36.8 Å². The Morgan fingerprint density at radius 3 is 1.80 bits per heavy atom. The van der Waals surface area contributed by atoms with Gasteiger partial charge >= 0.3 is 18.0 Å². The molecule has 2 rings (SSSR count). The van der Waals surface area contributed by atoms with Crippen LogP contribution in [-0.4, -0.2) is 119 Å². The van der Waals surface area contributed by atoms with Crippen molar-refractivity contribution >= 4 is 23.9 Å². The van der Waals surface area contributed by atoms with Crippen LogP contribution in [0.1, 0.15) is 73.7 Å². The summed E-state index contributed by atoms with van der Waals surface area (Å²) >= 11 is 0. The Morgan fingerprint density at radius 1 is 0.783 bits per heavy atom. The molecule has 0 radical (unpaired) electrons. The van der Waals surface area contributed by atoms with Gasteiger partial charge in [-0.1, -0.05) is 0 Å². The summed E-state index contributed by atoms with van der Waals surface area (Å²) in [7, 11) is 0. The second kappa shape index (κ2) is 16.9. The Kier molecular flexibility index (Phi) is 14.2. The minimum atomic E-state index is -0.725. The van der Waals surface area contributed by atoms with E-state index in [1.165, 1.54) is 0 Å². The van der Waals surface area contributed by atoms with E-state index in [1.807, 2.05) is 9.80 Å². The standard InChI is InChI=1S/C32H54N6O8/c1-30(2,3)44-27(40)20-36-14-16-38(29(42)46-32(7,8)9)17-15-37(21-28(41)45-31(4,5)6)19-24-25(11-10-23(18-36)35-24)43-22-26(39)34-13-12-33/h10-11H,12-22,33H2,1-9H3,(H,34,39). The van der Waals surface area contributed by atoms with Crippen molar-refractivity contribution in [2.45, 2.75) is 92.2 Å². The van der Waals surface area contributed by atoms with Crippen molar-refractivity contribution in [3.05, 3.63) is 23.5 Å². The van der Waals surface area contributed by atoms with Crippen molar-refractivity contribution in [2.75, 3.05) is 59.0 Å². The molecule has 1 aromatic heterocycles. The van der Waals surface area contributed by atoms with Gasteiger partial charge in [-0.3, -0.25) is 29.2 Å². The van der Waals surface area contributed by atoms with Gasteiger partial charge in [-0.05, 0) is 74.4 Å². The molecule has 0 aromatic carbocycles. The van der Waals surface area contributed by atoms with Gasteiger partial charge in [0.05, 0.1) is 24.5 Å². The van der Waals surface area contributed by atoms with Crippen LogP contribution in [0, 0.1) is 0 Å². The van der Waals surface area contributed by atoms with Crippen molar-refractivity contribution < 1.29 is 38.1 Å². The van der Waals surface area contributed by atoms with Crippen molar-refractivity contribution in [1.29, 1.82) is 0 Å². The summed E-state index contributed by atoms with van der Waals surface area (Å²) in [6.45, 7) is 17.9. The normalized spacial score (nSPS) is 15.7. The molecule has 0 atom stereocenters. The molecule has 3 N–H and O–H groups in total. The summed E-state index contributed by atoms with van der Waals surface area (Å²) < 4.78 is 22.7. The summed E-state index contributed by atoms with van der Waals surface area (Å²) in [4.78, 5) is 61.5. The van der Waals surface area contributed by atoms with E-state index in [9.17, 15) is 19.2 Å². The quantitative estimate of drug-likeness (QED) is 0.296. The summed E-state index contributed by atoms with van der Waals surface area (Å²) in [5.74, 6) is -0.819. The fourth-order valence-electron chi connectivity index (χ4n) is 4.40. The Balaban J connectivity index is 2.48. The zero-order valence-electron chi connectivity index (χ0n) is 29.1. The van der Waals surface area contributed by atoms with E-state index in [-0.39, 0.29) is 58.3 Å². The maximum Gasteiger partial charge on any atom is 0.410 e. The van der Waals surface area contributed by atoms with E-state index in [2.05, 4.69) is 5.32 Å². The minimum Gasteiger partial charge on any atom is -0.482 e. The molecule has 0 spiro atoms. The first-order valence-electron chi connectivity index (χ1n) is 15.7. The number of carbonyl (C=O) groups excluding carboxylic acids is 4. The number of nitrogens with one attached hydrogen (secondary N) is 1. The fraction of sp³-hybridized carbons (Fsp3) is 0.719. The molecule has 14 heteroatoms. The van der Waals surface area contributed by atoms with Crippen LogP contribution in [0.15, 0.2) is 12.1 Å². The van der Waals surface area contributed by atoms with Gasteiger partial charge in [0, 0.05) is 52.4 Å². The number of fused-ring (bicyclic) bond motifs is 2. The first-order chi connectivity index (χ1) is 21.2. The number of aromatic nitrogens is 1. The number of nitrogens with two attached hydrogens (primary N) is 1. The Hall–Kier alpha value is -3.49. The zero-order valence-corrected chi connectivity index (χ0v) is 29.1. The van der Waals surface area contributed by atoms with Crippen LogP contribution in [0.2, 0.25) is 0 Å². The maximum absolute atomic E-state index is 13.3. The molecule has 2 bridgehead atoms. The third-order valence-electron chi connectivity index (χ3n) is 6.14. The molecule has 14 nitrogen and oxygen atoms in total. The number of amides is 2. The predicted octanol–water partition coefficient (Wildman–Crippen LogP) is 2.07. The molecule has 0 saturated heterocycles. The Bertz CT molecular complexity index is 1190. The van der Waals surface area contributed by atoms with Gasteiger partial charge in [-0.15, -0.1) is 0 Å². The van der Waals surface area contributed by atoms with Gasteiger partial charge in [0.1, 0.15) is 22.6 Å². The highest BCUT2D eigenvalue weighted by atomic mass is 16.6. The Labute approximate surface area is 273 Å². The monoisotopic (exact) mass is 650 g/mol. The second-order valence-electron chi connectivity index (χ2n) is 14.2. The number of carbonyl (C=O) groups is 4. The average Bonchev–Trinajstić information content (AvgIpc) is 2.87. The van der Waals surface area contributed by atoms with Crippen LogP contribution in [0.5, 0.6) is 5.75 Å². The van der Waals surface area contributed by atoms with E-state index in [1.54, 1.807) is 79.3 Å². The third-order valence-corrected chi connectivity index (χ3v) is 6.14. The molecule has 1 aliphatic heterocycles. The number of hydrogen-bond acceptors (Lipinski definition) is 12. The molecule has 260 valence electrons. The highest BCUT2D eigenvalue weighted by Crippen LogP contribution is 2.22. The number of esters is 2. The lowest BCUT2D eigenvalue weighted by Crippen LogP contribution is -2.47. The lowest BCUT2D eigenvalue weighted by Gasteiger charge is -2.33. The maximum atomic E-state index is 13.3. The number of rotatable bonds is 9. The highest BCUT2D eigenvalue weighted by Gasteiger charge is 2.28. The Morgan fingerprint density at radius 2 is 1.30 bits per heavy atom. The molecule has 0 saturated carbocycles. The summed E-state index contributed by atoms with van der Waals surface area (Å²) in [5, 5.41) is 2.67. The third kappa shape index (κ3) is 15.7. The van der Waals surface area contributed by atoms with E-state index in [0.717, 1.165) is 0 Å². The zero-order chi connectivity index (χ0) is 34.7. The lowest BCUT2D eigenvalue weighted by atomic mass is 10.2. The molecule has 0 unspecified atom stereocenters. The largest absolute Gasteiger partial charge is 0.482 e. The topological polar surface area (TPSA) is 166 Å². The van der Waals surface area contributed by atoms with Gasteiger partial charge in [0.2, 0.25) is 0 Å². The van der Waals surface area contributed by atoms with Gasteiger partial charge in [-0.2, -0.15) is 0 Å². The predicted molar refractivity (Wildman–Crippen MR) is 172 cm³/mol. The smallest absolute Gasteiger partial charge is 0.410 e. The molecular formula is C32H54N6O8. The molecule has 2 heterocycles. The van der Waals surface area contributed by atoms with E-state index in [4.69, 9.17) is 29.7 Å². The van der Waals surface area contributed by atoms with Crippen LogP contribution in [0.3, 0.4) is 0 Å². The molecule has 0 fully saturated rings. The van der Waals surface area contributed by atoms with Gasteiger partial charge in [0.15, 0.2) is 6.61 Å². The van der Waals surface area contributed by atoms with Gasteiger partial charge in [-0.25, -0.2) is 4.79 Å². The molecule has 1 aromatic rings. The molecular weight excluding hydrogens is 596 g/mol. The van der Waals surface area contributed by atoms with E-state index >= 15 is 0 Å². The molecule has 46 heavy (non-hydrogen) atoms. The van der Waals surface area contributed by atoms with Crippen molar-refractivity contribution in [2.24, 2.45) is 5.73 Å². The van der Waals surface area contributed by atoms with Crippen LogP contribution >= 0.6 is 0 Å². The molecule has 1 aliphatic rings. The SMILES string of the molecule is CC(C)(C)OC(=O)CN1CCN(C(=O)OC(C)(C)C)CCN(CC(=O)OC(C)(C)C)Cc2nc(ccc2OCC(=O)NCCN)C1. The van der Waals surface area contributed by atoms with E-state index < -0.39 is 34.8 Å². The number of pyridine rings is 1. The van der Waals surface area contributed by atoms with Crippen LogP contribution < -0.4 is 15.8 Å². The lowest BCUT2D eigenvalue weighted by molar-refractivity contribution is -0.157. The van der Waals surface area contributed by atoms with Crippen molar-refractivity contribution in [3.8, 4) is 5.75 Å². The van der Waals surface area contributed by atoms with Crippen LogP contribution in [-0.2, 0) is 41.7 Å². The minimum absolute atomic E-state index is 0.0270. The van der Waals surface area contributed by atoms with Gasteiger partial charge in [0.25, 0.3) is 5.91 Å². The first kappa shape index (κ1) is 38.7. The summed E-state index contributed by atoms with van der Waals surface area (Å²) in [6.07, 6.45) is -0.511. The summed E-state index contributed by atoms with van der Waals surface area (Å²) in [6, 6.07) is 3.48. The number of nitrogens with zero attached hydrogens (tertiary/aromatic N) is 4. The number of hydrogen-bond donors (Lipinski definition) is 2. The molecule has 0 aliphatic carbocycles. The van der Waals surface area contributed by atoms with Gasteiger partial charge < -0.3 is 34.9 Å². The average molecular weight is 651 g/mol. The first-order valence-corrected chi connectivity index (χ1v) is 15.7. The fourth-order valence-corrected chi connectivity index (χ4v) is 4.40. The summed E-state index contributed by atoms with van der Waals surface area (Å²) in [5.41, 5.74) is 4.52. The van der Waals surface area contributed by atoms with Crippen LogP contribution in [0.25, 0.3) is 0 Å². The molecule has 2 amide bonds. The second-order valence-corrected chi connectivity index (χ2v) is 14.2.